The van der Waals surface area contributed by atoms with Crippen molar-refractivity contribution in [2.45, 2.75) is 57.8 Å². The number of esters is 1. The van der Waals surface area contributed by atoms with E-state index in [2.05, 4.69) is 16.7 Å². The molecule has 204 valence electrons. The molecule has 0 bridgehead atoms. The molecule has 39 heavy (non-hydrogen) atoms. The molecule has 2 aliphatic rings. The van der Waals surface area contributed by atoms with Gasteiger partial charge in [0, 0.05) is 38.2 Å². The van der Waals surface area contributed by atoms with Crippen LogP contribution in [-0.2, 0) is 36.1 Å². The number of methoxy groups -OCH3 is 1. The molecule has 3 aromatic rings. The molecule has 1 aromatic carbocycles. The second-order valence-electron chi connectivity index (χ2n) is 10.4. The lowest BCUT2D eigenvalue weighted by Crippen LogP contribution is -2.45. The zero-order valence-corrected chi connectivity index (χ0v) is 22.8. The Morgan fingerprint density at radius 3 is 2.79 bits per heavy atom. The number of ether oxygens (including phenoxy) is 1. The maximum Gasteiger partial charge on any atom is 0.333 e. The molecule has 3 N–H and O–H groups in total. The van der Waals surface area contributed by atoms with Crippen molar-refractivity contribution >= 4 is 28.8 Å². The molecule has 11 heteroatoms. The van der Waals surface area contributed by atoms with E-state index in [4.69, 9.17) is 20.4 Å². The first-order chi connectivity index (χ1) is 18.7. The lowest BCUT2D eigenvalue weighted by molar-refractivity contribution is -0.146. The Balaban J connectivity index is 1.70. The van der Waals surface area contributed by atoms with Gasteiger partial charge >= 0.3 is 11.7 Å². The molecule has 2 atom stereocenters. The molecule has 11 nitrogen and oxygen atoms in total. The molecule has 0 radical (unpaired) electrons. The van der Waals surface area contributed by atoms with Crippen molar-refractivity contribution < 1.29 is 9.53 Å². The number of carbonyl (C=O) groups is 1. The number of nitrogens with two attached hydrogens (primary N) is 1. The summed E-state index contributed by atoms with van der Waals surface area (Å²) in [7, 11) is 3.00. The normalized spacial score (nSPS) is 20.7. The third kappa shape index (κ3) is 4.55. The molecular formula is C28H34N8O3. The Morgan fingerprint density at radius 1 is 1.31 bits per heavy atom. The van der Waals surface area contributed by atoms with Crippen LogP contribution < -0.4 is 21.8 Å². The maximum atomic E-state index is 13.7. The number of nitrogens with zero attached hydrogens (tertiary/aromatic N) is 6. The number of hydrogen-bond donors (Lipinski definition) is 2. The van der Waals surface area contributed by atoms with E-state index < -0.39 is 17.2 Å². The van der Waals surface area contributed by atoms with Crippen LogP contribution in [0.25, 0.3) is 11.2 Å². The number of fused-ring (bicyclic) bond motifs is 2. The molecule has 0 spiro atoms. The highest BCUT2D eigenvalue weighted by atomic mass is 16.5. The molecule has 2 unspecified atom stereocenters. The highest BCUT2D eigenvalue weighted by molar-refractivity contribution is 6.05. The number of aliphatic imine (C=N–C) groups is 1. The number of imidazole rings is 1. The summed E-state index contributed by atoms with van der Waals surface area (Å²) in [5.74, 6) is 6.23. The van der Waals surface area contributed by atoms with E-state index in [1.165, 1.54) is 16.2 Å². The molecule has 0 saturated carbocycles. The Bertz CT molecular complexity index is 1670. The first-order valence-electron chi connectivity index (χ1n) is 13.1. The summed E-state index contributed by atoms with van der Waals surface area (Å²) in [5, 5.41) is 9.19. The molecule has 2 aromatic heterocycles. The number of nitrogens with one attached hydrogen (secondary N) is 1. The maximum absolute atomic E-state index is 13.7. The molecule has 5 rings (SSSR count). The largest absolute Gasteiger partial charge is 0.467 e. The third-order valence-electron chi connectivity index (χ3n) is 7.59. The van der Waals surface area contributed by atoms with Gasteiger partial charge in [0.2, 0.25) is 5.95 Å². The van der Waals surface area contributed by atoms with Gasteiger partial charge in [-0.1, -0.05) is 30.2 Å². The van der Waals surface area contributed by atoms with Crippen molar-refractivity contribution in [3.63, 3.8) is 0 Å². The van der Waals surface area contributed by atoms with E-state index in [0.717, 1.165) is 30.5 Å². The monoisotopic (exact) mass is 530 g/mol. The predicted octanol–water partition coefficient (Wildman–Crippen LogP) is 0.944. The summed E-state index contributed by atoms with van der Waals surface area (Å²) in [6, 6.07) is 7.72. The fourth-order valence-electron chi connectivity index (χ4n) is 5.61. The fraction of sp³-hybridized carbons (Fsp3) is 0.464. The van der Waals surface area contributed by atoms with Crippen LogP contribution in [0.3, 0.4) is 0 Å². The minimum absolute atomic E-state index is 0.0107. The average Bonchev–Trinajstić information content (AvgIpc) is 3.32. The lowest BCUT2D eigenvalue weighted by Gasteiger charge is -2.31. The third-order valence-corrected chi connectivity index (χ3v) is 7.59. The molecule has 1 saturated heterocycles. The second-order valence-corrected chi connectivity index (χ2v) is 10.4. The van der Waals surface area contributed by atoms with E-state index in [9.17, 15) is 15.0 Å². The van der Waals surface area contributed by atoms with Gasteiger partial charge in [0.05, 0.1) is 25.9 Å². The average molecular weight is 531 g/mol. The standard InChI is InChI=1S/C28H34N8O3/c1-5-6-14-35-22-23(30)36(27(38)33(3)24(22)31-26(35)34-13-9-11-19(29)16-34)17-21-20-12-8-7-10-18(20)15-28(2,32-21)25(37)39-4/h7-8,10,12,19,30H,9,11,13-17,29H2,1-4H3. The van der Waals surface area contributed by atoms with Gasteiger partial charge < -0.3 is 15.4 Å². The number of piperidine rings is 1. The summed E-state index contributed by atoms with van der Waals surface area (Å²) in [6.07, 6.45) is 2.27. The van der Waals surface area contributed by atoms with Crippen molar-refractivity contribution in [2.75, 3.05) is 25.1 Å². The van der Waals surface area contributed by atoms with E-state index in [-0.39, 0.29) is 18.1 Å². The molecule has 0 amide bonds. The summed E-state index contributed by atoms with van der Waals surface area (Å²) in [6.45, 7) is 5.27. The number of rotatable bonds is 5. The van der Waals surface area contributed by atoms with Crippen molar-refractivity contribution in [1.82, 2.24) is 18.7 Å². The van der Waals surface area contributed by atoms with Gasteiger partial charge in [0.15, 0.2) is 16.7 Å². The first-order valence-corrected chi connectivity index (χ1v) is 13.1. The zero-order valence-electron chi connectivity index (χ0n) is 22.8. The van der Waals surface area contributed by atoms with E-state index in [0.29, 0.717) is 42.3 Å². The van der Waals surface area contributed by atoms with Crippen molar-refractivity contribution in [2.24, 2.45) is 17.8 Å². The van der Waals surface area contributed by atoms with Crippen molar-refractivity contribution in [3.8, 4) is 11.8 Å². The summed E-state index contributed by atoms with van der Waals surface area (Å²) < 4.78 is 9.80. The van der Waals surface area contributed by atoms with Gasteiger partial charge in [-0.05, 0) is 32.3 Å². The summed E-state index contributed by atoms with van der Waals surface area (Å²) in [5.41, 5.74) is 8.00. The molecule has 0 aliphatic carbocycles. The number of aromatic nitrogens is 4. The van der Waals surface area contributed by atoms with Crippen molar-refractivity contribution in [1.29, 1.82) is 5.41 Å². The zero-order chi connectivity index (χ0) is 27.9. The SMILES string of the molecule is CC#CCn1c(N2CCCC(N)C2)nc2c1c(=N)n(CC1=NC(C)(C(=O)OC)Cc3ccccc31)c(=O)n2C. The number of benzene rings is 1. The highest BCUT2D eigenvalue weighted by Crippen LogP contribution is 2.29. The molecule has 2 aliphatic heterocycles. The number of carbonyl (C=O) groups excluding carboxylic acids is 1. The second kappa shape index (κ2) is 10.2. The number of hydrogen-bond acceptors (Lipinski definition) is 8. The Labute approximate surface area is 226 Å². The van der Waals surface area contributed by atoms with Gasteiger partial charge in [0.25, 0.3) is 0 Å². The first kappa shape index (κ1) is 26.4. The van der Waals surface area contributed by atoms with Crippen LogP contribution in [0.15, 0.2) is 34.1 Å². The van der Waals surface area contributed by atoms with Gasteiger partial charge in [0.1, 0.15) is 5.52 Å². The van der Waals surface area contributed by atoms with Crippen LogP contribution in [0, 0.1) is 17.3 Å². The molecular weight excluding hydrogens is 496 g/mol. The number of anilines is 1. The Kier molecular flexibility index (Phi) is 6.91. The quantitative estimate of drug-likeness (QED) is 0.372. The Morgan fingerprint density at radius 2 is 2.08 bits per heavy atom. The van der Waals surface area contributed by atoms with Crippen LogP contribution in [0.4, 0.5) is 5.95 Å². The van der Waals surface area contributed by atoms with Gasteiger partial charge in [-0.25, -0.2) is 9.59 Å². The number of aryl methyl sites for hydroxylation is 1. The van der Waals surface area contributed by atoms with Gasteiger partial charge in [-0.3, -0.25) is 24.1 Å². The predicted molar refractivity (Wildman–Crippen MR) is 149 cm³/mol. The Hall–Kier alpha value is -4.17. The van der Waals surface area contributed by atoms with Crippen molar-refractivity contribution in [3.05, 3.63) is 51.4 Å². The van der Waals surface area contributed by atoms with Crippen LogP contribution in [0.2, 0.25) is 0 Å². The van der Waals surface area contributed by atoms with Crippen LogP contribution in [-0.4, -0.2) is 62.1 Å². The minimum atomic E-state index is -1.13. The smallest absolute Gasteiger partial charge is 0.333 e. The fourth-order valence-corrected chi connectivity index (χ4v) is 5.61. The summed E-state index contributed by atoms with van der Waals surface area (Å²) in [4.78, 5) is 38.1. The minimum Gasteiger partial charge on any atom is -0.467 e. The van der Waals surface area contributed by atoms with Gasteiger partial charge in [-0.15, -0.1) is 5.92 Å². The van der Waals surface area contributed by atoms with Crippen LogP contribution in [0.1, 0.15) is 37.8 Å². The van der Waals surface area contributed by atoms with E-state index in [1.54, 1.807) is 20.9 Å². The van der Waals surface area contributed by atoms with E-state index in [1.807, 2.05) is 28.8 Å². The van der Waals surface area contributed by atoms with Crippen LogP contribution >= 0.6 is 0 Å². The molecule has 1 fully saturated rings. The van der Waals surface area contributed by atoms with Gasteiger partial charge in [-0.2, -0.15) is 4.98 Å². The molecule has 4 heterocycles. The van der Waals surface area contributed by atoms with Crippen LogP contribution in [0.5, 0.6) is 0 Å². The van der Waals surface area contributed by atoms with E-state index >= 15 is 0 Å². The lowest BCUT2D eigenvalue weighted by atomic mass is 9.85. The highest BCUT2D eigenvalue weighted by Gasteiger charge is 2.39. The summed E-state index contributed by atoms with van der Waals surface area (Å²) >= 11 is 0. The topological polar surface area (TPSA) is 137 Å².